The predicted molar refractivity (Wildman–Crippen MR) is 100 cm³/mol. The third-order valence-electron chi connectivity index (χ3n) is 4.05. The number of aryl methyl sites for hydroxylation is 1. The zero-order chi connectivity index (χ0) is 18.5. The van der Waals surface area contributed by atoms with Gasteiger partial charge in [0.15, 0.2) is 11.5 Å². The van der Waals surface area contributed by atoms with Gasteiger partial charge < -0.3 is 24.8 Å². The lowest BCUT2D eigenvalue weighted by molar-refractivity contribution is -0.116. The average Bonchev–Trinajstić information content (AvgIpc) is 3.09. The normalized spacial score (nSPS) is 12.1. The van der Waals surface area contributed by atoms with Crippen LogP contribution in [0.5, 0.6) is 17.2 Å². The van der Waals surface area contributed by atoms with Crippen LogP contribution in [0.4, 0.5) is 5.69 Å². The smallest absolute Gasteiger partial charge is 0.231 e. The summed E-state index contributed by atoms with van der Waals surface area (Å²) in [7, 11) is 1.55. The molecule has 2 aromatic rings. The fourth-order valence-electron chi connectivity index (χ4n) is 2.63. The Morgan fingerprint density at radius 1 is 1.23 bits per heavy atom. The number of benzene rings is 2. The molecule has 0 spiro atoms. The van der Waals surface area contributed by atoms with Crippen LogP contribution in [0.1, 0.15) is 17.5 Å². The molecule has 1 aliphatic rings. The van der Waals surface area contributed by atoms with E-state index in [0.717, 1.165) is 22.6 Å². The number of nitrogens with one attached hydrogen (secondary N) is 2. The SMILES string of the molecule is COc1cc(Cl)c(C)cc1NC(=O)CCNCc1ccc2c(c1)OCO2. The molecule has 0 atom stereocenters. The molecule has 0 unspecified atom stereocenters. The van der Waals surface area contributed by atoms with Gasteiger partial charge in [-0.1, -0.05) is 17.7 Å². The quantitative estimate of drug-likeness (QED) is 0.724. The molecular formula is C19H21ClN2O4. The van der Waals surface area contributed by atoms with E-state index in [1.54, 1.807) is 19.2 Å². The maximum atomic E-state index is 12.2. The molecule has 0 radical (unpaired) electrons. The van der Waals surface area contributed by atoms with E-state index in [1.165, 1.54) is 0 Å². The maximum Gasteiger partial charge on any atom is 0.231 e. The van der Waals surface area contributed by atoms with Crippen molar-refractivity contribution in [2.24, 2.45) is 0 Å². The largest absolute Gasteiger partial charge is 0.495 e. The molecule has 138 valence electrons. The highest BCUT2D eigenvalue weighted by Gasteiger charge is 2.13. The molecule has 0 fully saturated rings. The van der Waals surface area contributed by atoms with E-state index in [1.807, 2.05) is 25.1 Å². The van der Waals surface area contributed by atoms with Crippen LogP contribution >= 0.6 is 11.6 Å². The van der Waals surface area contributed by atoms with Gasteiger partial charge in [0.25, 0.3) is 0 Å². The summed E-state index contributed by atoms with van der Waals surface area (Å²) in [5.41, 5.74) is 2.57. The lowest BCUT2D eigenvalue weighted by atomic mass is 10.2. The highest BCUT2D eigenvalue weighted by atomic mass is 35.5. The molecule has 0 aliphatic carbocycles. The monoisotopic (exact) mass is 376 g/mol. The van der Waals surface area contributed by atoms with Gasteiger partial charge in [0.2, 0.25) is 12.7 Å². The fourth-order valence-corrected chi connectivity index (χ4v) is 2.78. The molecular weight excluding hydrogens is 356 g/mol. The Bertz CT molecular complexity index is 810. The summed E-state index contributed by atoms with van der Waals surface area (Å²) in [6.45, 7) is 3.34. The molecule has 0 aromatic heterocycles. The van der Waals surface area contributed by atoms with Gasteiger partial charge in [0.1, 0.15) is 5.75 Å². The van der Waals surface area contributed by atoms with Gasteiger partial charge in [-0.05, 0) is 36.2 Å². The summed E-state index contributed by atoms with van der Waals surface area (Å²) in [5.74, 6) is 1.97. The van der Waals surface area contributed by atoms with Crippen molar-refractivity contribution in [2.75, 3.05) is 25.8 Å². The van der Waals surface area contributed by atoms with Gasteiger partial charge >= 0.3 is 0 Å². The molecule has 0 bridgehead atoms. The van der Waals surface area contributed by atoms with E-state index in [2.05, 4.69) is 10.6 Å². The lowest BCUT2D eigenvalue weighted by Gasteiger charge is -2.12. The van der Waals surface area contributed by atoms with Crippen molar-refractivity contribution in [1.82, 2.24) is 5.32 Å². The Balaban J connectivity index is 1.47. The van der Waals surface area contributed by atoms with Crippen LogP contribution in [-0.2, 0) is 11.3 Å². The van der Waals surface area contributed by atoms with E-state index < -0.39 is 0 Å². The summed E-state index contributed by atoms with van der Waals surface area (Å²) < 4.78 is 15.9. The van der Waals surface area contributed by atoms with Gasteiger partial charge in [-0.15, -0.1) is 0 Å². The van der Waals surface area contributed by atoms with Gasteiger partial charge in [-0.3, -0.25) is 4.79 Å². The van der Waals surface area contributed by atoms with Crippen LogP contribution in [0.3, 0.4) is 0 Å². The minimum absolute atomic E-state index is 0.0943. The molecule has 3 rings (SSSR count). The molecule has 1 aliphatic heterocycles. The number of fused-ring (bicyclic) bond motifs is 1. The third-order valence-corrected chi connectivity index (χ3v) is 4.46. The zero-order valence-electron chi connectivity index (χ0n) is 14.7. The number of rotatable bonds is 7. The van der Waals surface area contributed by atoms with Gasteiger partial charge in [-0.2, -0.15) is 0 Å². The van der Waals surface area contributed by atoms with E-state index in [9.17, 15) is 4.79 Å². The first-order valence-electron chi connectivity index (χ1n) is 8.30. The van der Waals surface area contributed by atoms with E-state index in [-0.39, 0.29) is 12.7 Å². The van der Waals surface area contributed by atoms with Crippen LogP contribution in [0, 0.1) is 6.92 Å². The second kappa shape index (κ2) is 8.29. The first-order valence-corrected chi connectivity index (χ1v) is 8.68. The Labute approximate surface area is 157 Å². The molecule has 1 amide bonds. The number of hydrogen-bond donors (Lipinski definition) is 2. The van der Waals surface area contributed by atoms with E-state index in [4.69, 9.17) is 25.8 Å². The van der Waals surface area contributed by atoms with Gasteiger partial charge in [0.05, 0.1) is 12.8 Å². The lowest BCUT2D eigenvalue weighted by Crippen LogP contribution is -2.21. The van der Waals surface area contributed by atoms with Crippen molar-refractivity contribution in [1.29, 1.82) is 0 Å². The first kappa shape index (κ1) is 18.4. The molecule has 26 heavy (non-hydrogen) atoms. The van der Waals surface area contributed by atoms with Crippen molar-refractivity contribution in [2.45, 2.75) is 19.9 Å². The predicted octanol–water partition coefficient (Wildman–Crippen LogP) is 3.50. The second-order valence-electron chi connectivity index (χ2n) is 5.96. The van der Waals surface area contributed by atoms with E-state index in [0.29, 0.717) is 36.0 Å². The zero-order valence-corrected chi connectivity index (χ0v) is 15.5. The van der Waals surface area contributed by atoms with Crippen molar-refractivity contribution >= 4 is 23.2 Å². The maximum absolute atomic E-state index is 12.2. The van der Waals surface area contributed by atoms with Crippen molar-refractivity contribution in [3.05, 3.63) is 46.5 Å². The van der Waals surface area contributed by atoms with Crippen LogP contribution in [-0.4, -0.2) is 26.4 Å². The topological polar surface area (TPSA) is 68.8 Å². The highest BCUT2D eigenvalue weighted by molar-refractivity contribution is 6.31. The third kappa shape index (κ3) is 4.39. The number of ether oxygens (including phenoxy) is 3. The number of methoxy groups -OCH3 is 1. The minimum Gasteiger partial charge on any atom is -0.495 e. The summed E-state index contributed by atoms with van der Waals surface area (Å²) in [6.07, 6.45) is 0.343. The first-order chi connectivity index (χ1) is 12.6. The Morgan fingerprint density at radius 2 is 2.04 bits per heavy atom. The number of carbonyl (C=O) groups is 1. The standard InChI is InChI=1S/C19H21ClN2O4/c1-12-7-15(17(24-2)9-14(12)20)22-19(23)5-6-21-10-13-3-4-16-18(8-13)26-11-25-16/h3-4,7-9,21H,5-6,10-11H2,1-2H3,(H,22,23). The Morgan fingerprint density at radius 3 is 2.85 bits per heavy atom. The van der Waals surface area contributed by atoms with Gasteiger partial charge in [0, 0.05) is 30.6 Å². The molecule has 1 heterocycles. The Hall–Kier alpha value is -2.44. The number of amides is 1. The van der Waals surface area contributed by atoms with Crippen molar-refractivity contribution in [3.63, 3.8) is 0 Å². The number of halogens is 1. The number of carbonyl (C=O) groups excluding carboxylic acids is 1. The number of hydrogen-bond acceptors (Lipinski definition) is 5. The molecule has 7 heteroatoms. The molecule has 6 nitrogen and oxygen atoms in total. The summed E-state index contributed by atoms with van der Waals surface area (Å²) in [6, 6.07) is 9.31. The highest BCUT2D eigenvalue weighted by Crippen LogP contribution is 2.32. The van der Waals surface area contributed by atoms with Crippen LogP contribution in [0.15, 0.2) is 30.3 Å². The summed E-state index contributed by atoms with van der Waals surface area (Å²) in [5, 5.41) is 6.71. The Kier molecular flexibility index (Phi) is 5.85. The molecule has 2 N–H and O–H groups in total. The molecule has 0 saturated heterocycles. The van der Waals surface area contributed by atoms with Crippen molar-refractivity contribution in [3.8, 4) is 17.2 Å². The second-order valence-corrected chi connectivity index (χ2v) is 6.37. The molecule has 0 saturated carbocycles. The summed E-state index contributed by atoms with van der Waals surface area (Å²) >= 11 is 6.08. The summed E-state index contributed by atoms with van der Waals surface area (Å²) in [4.78, 5) is 12.2. The van der Waals surface area contributed by atoms with Gasteiger partial charge in [-0.25, -0.2) is 0 Å². The average molecular weight is 377 g/mol. The molecule has 2 aromatic carbocycles. The van der Waals surface area contributed by atoms with E-state index >= 15 is 0 Å². The fraction of sp³-hybridized carbons (Fsp3) is 0.316. The number of anilines is 1. The van der Waals surface area contributed by atoms with Crippen LogP contribution < -0.4 is 24.8 Å². The van der Waals surface area contributed by atoms with Crippen molar-refractivity contribution < 1.29 is 19.0 Å². The van der Waals surface area contributed by atoms with Crippen LogP contribution in [0.25, 0.3) is 0 Å². The van der Waals surface area contributed by atoms with Crippen LogP contribution in [0.2, 0.25) is 5.02 Å². The minimum atomic E-state index is -0.0943.